The van der Waals surface area contributed by atoms with Crippen LogP contribution in [-0.4, -0.2) is 97.6 Å². The topological polar surface area (TPSA) is 192 Å². The summed E-state index contributed by atoms with van der Waals surface area (Å²) in [4.78, 5) is 74.6. The molecule has 2 radical (unpaired) electrons. The van der Waals surface area contributed by atoms with Crippen molar-refractivity contribution in [3.8, 4) is 0 Å². The lowest BCUT2D eigenvalue weighted by atomic mass is 10.0. The van der Waals surface area contributed by atoms with Crippen LogP contribution in [0.2, 0.25) is 0 Å². The van der Waals surface area contributed by atoms with Crippen molar-refractivity contribution in [2.75, 3.05) is 16.9 Å². The summed E-state index contributed by atoms with van der Waals surface area (Å²) in [5.74, 6) is -4.02. The second-order valence-corrected chi connectivity index (χ2v) is 14.9. The summed E-state index contributed by atoms with van der Waals surface area (Å²) in [5, 5.41) is 9.05. The van der Waals surface area contributed by atoms with E-state index in [0.29, 0.717) is 0 Å². The lowest BCUT2D eigenvalue weighted by Crippen LogP contribution is -2.74. The molecule has 0 bridgehead atoms. The second kappa shape index (κ2) is 13.5. The molecule has 244 valence electrons. The quantitative estimate of drug-likeness (QED) is 0.0963. The van der Waals surface area contributed by atoms with Crippen LogP contribution >= 0.6 is 22.9 Å². The number of thiazole rings is 1. The van der Waals surface area contributed by atoms with Crippen LogP contribution in [0.25, 0.3) is 0 Å². The van der Waals surface area contributed by atoms with Crippen molar-refractivity contribution in [1.29, 1.82) is 0 Å². The van der Waals surface area contributed by atoms with Crippen molar-refractivity contribution in [3.05, 3.63) is 22.3 Å². The van der Waals surface area contributed by atoms with Gasteiger partial charge in [0.2, 0.25) is 5.60 Å². The van der Waals surface area contributed by atoms with E-state index in [2.05, 4.69) is 25.4 Å². The highest BCUT2D eigenvalue weighted by molar-refractivity contribution is 7.86. The van der Waals surface area contributed by atoms with Gasteiger partial charge >= 0.3 is 26.1 Å². The van der Waals surface area contributed by atoms with Crippen LogP contribution in [-0.2, 0) is 48.9 Å². The molecule has 2 aliphatic heterocycles. The minimum atomic E-state index is -1.78. The van der Waals surface area contributed by atoms with Gasteiger partial charge in [-0.2, -0.15) is 0 Å². The van der Waals surface area contributed by atoms with Gasteiger partial charge in [0.05, 0.1) is 16.6 Å². The van der Waals surface area contributed by atoms with Gasteiger partial charge in [-0.1, -0.05) is 5.16 Å². The summed E-state index contributed by atoms with van der Waals surface area (Å²) in [5.41, 5.74) is -3.98. The van der Waals surface area contributed by atoms with Crippen molar-refractivity contribution < 1.29 is 47.1 Å². The summed E-state index contributed by atoms with van der Waals surface area (Å²) in [6, 6.07) is -1.36. The van der Waals surface area contributed by atoms with Crippen molar-refractivity contribution >= 4 is 82.5 Å². The third-order valence-electron chi connectivity index (χ3n) is 5.78. The van der Waals surface area contributed by atoms with E-state index < -0.39 is 74.6 Å². The van der Waals surface area contributed by atoms with E-state index in [4.69, 9.17) is 34.0 Å². The van der Waals surface area contributed by atoms with Crippen molar-refractivity contribution in [2.45, 2.75) is 83.6 Å². The van der Waals surface area contributed by atoms with Crippen molar-refractivity contribution in [3.63, 3.8) is 0 Å². The Balaban J connectivity index is 1.92. The van der Waals surface area contributed by atoms with Crippen LogP contribution in [0.5, 0.6) is 0 Å². The highest BCUT2D eigenvalue weighted by Gasteiger charge is 2.57. The third kappa shape index (κ3) is 8.61. The number of ether oxygens (including phenoxy) is 2. The average molecular weight is 686 g/mol. The fourth-order valence-corrected chi connectivity index (χ4v) is 6.54. The number of rotatable bonds is 9. The van der Waals surface area contributed by atoms with Gasteiger partial charge in [-0.05, 0) is 61.0 Å². The van der Waals surface area contributed by atoms with Gasteiger partial charge in [-0.25, -0.2) is 19.4 Å². The maximum absolute atomic E-state index is 13.6. The molecule has 0 saturated carbocycles. The summed E-state index contributed by atoms with van der Waals surface area (Å²) < 4.78 is 27.9. The highest BCUT2D eigenvalue weighted by Crippen LogP contribution is 2.35. The molecule has 45 heavy (non-hydrogen) atoms. The SMILES string of the molecule is [B]OC(=O)C1=C(CCl)CS(=O)[C@@H]2[C@H](NC(=O)/C(=N\OC(C)(C)C(=O)OC(C)(C)C)c3csc(NC(=O)OC(C)(C)C)n3)C(=O)N12. The molecular formula is C26H33BClN5O10S2. The average Bonchev–Trinajstić information content (AvgIpc) is 3.36. The Kier molecular flexibility index (Phi) is 10.8. The molecular weight excluding hydrogens is 653 g/mol. The summed E-state index contributed by atoms with van der Waals surface area (Å²) in [6.07, 6.45) is -0.801. The second-order valence-electron chi connectivity index (χ2n) is 12.3. The van der Waals surface area contributed by atoms with E-state index in [1.165, 1.54) is 19.2 Å². The Hall–Kier alpha value is -3.51. The smallest absolute Gasteiger partial charge is 0.413 e. The molecule has 0 spiro atoms. The molecule has 1 aromatic rings. The molecule has 3 amide bonds. The number of hydrogen-bond acceptors (Lipinski definition) is 13. The van der Waals surface area contributed by atoms with E-state index in [9.17, 15) is 28.2 Å². The molecule has 3 heterocycles. The number of fused-ring (bicyclic) bond motifs is 1. The normalized spacial score (nSPS) is 20.5. The number of halogens is 1. The minimum Gasteiger partial charge on any atom is -0.539 e. The number of alkyl halides is 1. The van der Waals surface area contributed by atoms with Gasteiger partial charge in [0.15, 0.2) is 10.8 Å². The maximum Gasteiger partial charge on any atom is 0.413 e. The molecule has 1 saturated heterocycles. The zero-order valence-corrected chi connectivity index (χ0v) is 28.2. The predicted molar refractivity (Wildman–Crippen MR) is 165 cm³/mol. The Labute approximate surface area is 272 Å². The number of carbonyl (C=O) groups is 5. The van der Waals surface area contributed by atoms with Gasteiger partial charge in [0.25, 0.3) is 11.8 Å². The van der Waals surface area contributed by atoms with Crippen LogP contribution < -0.4 is 10.6 Å². The first kappa shape index (κ1) is 36.0. The van der Waals surface area contributed by atoms with E-state index in [1.807, 2.05) is 0 Å². The molecule has 3 rings (SSSR count). The zero-order chi connectivity index (χ0) is 34.1. The number of carbonyl (C=O) groups excluding carboxylic acids is 5. The van der Waals surface area contributed by atoms with Gasteiger partial charge in [-0.3, -0.25) is 24.0 Å². The predicted octanol–water partition coefficient (Wildman–Crippen LogP) is 1.87. The van der Waals surface area contributed by atoms with Gasteiger partial charge in [-0.15, -0.1) is 22.9 Å². The summed E-state index contributed by atoms with van der Waals surface area (Å²) in [6.45, 7) is 12.8. The number of nitrogens with zero attached hydrogens (tertiary/aromatic N) is 3. The molecule has 3 atom stereocenters. The maximum atomic E-state index is 13.6. The molecule has 1 fully saturated rings. The van der Waals surface area contributed by atoms with Crippen LogP contribution in [0, 0.1) is 0 Å². The Bertz CT molecular complexity index is 1480. The Morgan fingerprint density at radius 2 is 1.76 bits per heavy atom. The van der Waals surface area contributed by atoms with Crippen LogP contribution in [0.3, 0.4) is 0 Å². The first-order valence-electron chi connectivity index (χ1n) is 13.3. The first-order valence-corrected chi connectivity index (χ1v) is 16.1. The number of aromatic nitrogens is 1. The van der Waals surface area contributed by atoms with Crippen LogP contribution in [0.4, 0.5) is 9.93 Å². The molecule has 1 aromatic heterocycles. The lowest BCUT2D eigenvalue weighted by molar-refractivity contribution is -0.179. The Morgan fingerprint density at radius 3 is 2.31 bits per heavy atom. The number of β-lactam (4-membered cyclic amide) rings is 1. The molecule has 0 aromatic carbocycles. The number of oxime groups is 1. The fourth-order valence-electron chi connectivity index (χ4n) is 3.84. The monoisotopic (exact) mass is 685 g/mol. The number of anilines is 1. The molecule has 2 N–H and O–H groups in total. The molecule has 0 aliphatic carbocycles. The van der Waals surface area contributed by atoms with Gasteiger partial charge in [0.1, 0.15) is 34.0 Å². The van der Waals surface area contributed by atoms with E-state index in [0.717, 1.165) is 16.2 Å². The zero-order valence-electron chi connectivity index (χ0n) is 25.8. The number of hydrogen-bond donors (Lipinski definition) is 2. The standard InChI is InChI=1S/C26H33BClN5O10S2/c1-24(2,3)40-21(37)26(7,8)43-32-14(13-10-44-22(29-13)31-23(38)41-25(4,5)6)17(34)30-15-18(35)33-16(20(36)42-27)12(9-28)11-45(39)19(15)33/h10,15,19H,9,11H2,1-8H3,(H,30,34)(H,29,31,38)/b32-14-/t15-,19-,45?/m1/s1. The van der Waals surface area contributed by atoms with Gasteiger partial charge in [0, 0.05) is 11.3 Å². The summed E-state index contributed by atoms with van der Waals surface area (Å²) >= 11 is 6.83. The lowest BCUT2D eigenvalue weighted by Gasteiger charge is -2.49. The van der Waals surface area contributed by atoms with Crippen LogP contribution in [0.15, 0.2) is 21.8 Å². The van der Waals surface area contributed by atoms with E-state index in [1.54, 1.807) is 41.5 Å². The first-order chi connectivity index (χ1) is 20.7. The third-order valence-corrected chi connectivity index (χ3v) is 8.51. The van der Waals surface area contributed by atoms with Gasteiger partial charge < -0.3 is 24.3 Å². The van der Waals surface area contributed by atoms with Crippen LogP contribution in [0.1, 0.15) is 61.1 Å². The molecule has 15 nitrogen and oxygen atoms in total. The van der Waals surface area contributed by atoms with Crippen molar-refractivity contribution in [1.82, 2.24) is 15.2 Å². The molecule has 2 aliphatic rings. The molecule has 19 heteroatoms. The van der Waals surface area contributed by atoms with Crippen molar-refractivity contribution in [2.24, 2.45) is 5.16 Å². The van der Waals surface area contributed by atoms with E-state index >= 15 is 0 Å². The van der Waals surface area contributed by atoms with E-state index in [-0.39, 0.29) is 33.7 Å². The fraction of sp³-hybridized carbons (Fsp3) is 0.577. The number of esters is 1. The summed E-state index contributed by atoms with van der Waals surface area (Å²) in [7, 11) is 3.25. The largest absolute Gasteiger partial charge is 0.539 e. The Morgan fingerprint density at radius 1 is 1.13 bits per heavy atom. The number of nitrogens with one attached hydrogen (secondary N) is 2. The molecule has 1 unspecified atom stereocenters. The number of amides is 3. The minimum absolute atomic E-state index is 0.0362. The highest BCUT2D eigenvalue weighted by atomic mass is 35.5.